The monoisotopic (exact) mass is 194 g/mol. The van der Waals surface area contributed by atoms with Crippen LogP contribution in [0.1, 0.15) is 20.3 Å². The van der Waals surface area contributed by atoms with E-state index in [9.17, 15) is 4.79 Å². The summed E-state index contributed by atoms with van der Waals surface area (Å²) in [7, 11) is 1.84. The molecule has 14 heavy (non-hydrogen) atoms. The molecule has 1 heterocycles. The Morgan fingerprint density at radius 3 is 2.79 bits per heavy atom. The lowest BCUT2D eigenvalue weighted by atomic mass is 9.68. The van der Waals surface area contributed by atoms with Gasteiger partial charge < -0.3 is 4.74 Å². The van der Waals surface area contributed by atoms with E-state index in [-0.39, 0.29) is 17.3 Å². The summed E-state index contributed by atoms with van der Waals surface area (Å²) in [6, 6.07) is 0. The minimum Gasteiger partial charge on any atom is -0.486 e. The average molecular weight is 194 g/mol. The van der Waals surface area contributed by atoms with Crippen LogP contribution < -0.4 is 4.74 Å². The molecule has 0 N–H and O–H groups in total. The molecule has 2 rings (SSSR count). The van der Waals surface area contributed by atoms with E-state index < -0.39 is 0 Å². The van der Waals surface area contributed by atoms with Gasteiger partial charge in [-0.2, -0.15) is 5.10 Å². The molecule has 1 aromatic heterocycles. The summed E-state index contributed by atoms with van der Waals surface area (Å²) in [6.07, 6.45) is 3.99. The van der Waals surface area contributed by atoms with Crippen LogP contribution in [0.15, 0.2) is 12.4 Å². The van der Waals surface area contributed by atoms with Crippen LogP contribution >= 0.6 is 0 Å². The zero-order chi connectivity index (χ0) is 10.3. The lowest BCUT2D eigenvalue weighted by Crippen LogP contribution is -2.52. The first-order chi connectivity index (χ1) is 6.50. The van der Waals surface area contributed by atoms with Crippen molar-refractivity contribution in [3.05, 3.63) is 12.4 Å². The quantitative estimate of drug-likeness (QED) is 0.709. The van der Waals surface area contributed by atoms with Crippen LogP contribution in [0.4, 0.5) is 0 Å². The zero-order valence-electron chi connectivity index (χ0n) is 8.65. The first-order valence-corrected chi connectivity index (χ1v) is 4.69. The Hall–Kier alpha value is -1.32. The second-order valence-electron chi connectivity index (χ2n) is 4.31. The van der Waals surface area contributed by atoms with Gasteiger partial charge in [-0.25, -0.2) is 0 Å². The van der Waals surface area contributed by atoms with Gasteiger partial charge in [0.05, 0.1) is 17.8 Å². The number of hydrogen-bond donors (Lipinski definition) is 0. The minimum absolute atomic E-state index is 0.000741. The summed E-state index contributed by atoms with van der Waals surface area (Å²) in [5, 5.41) is 4.00. The summed E-state index contributed by atoms with van der Waals surface area (Å²) >= 11 is 0. The molecular formula is C10H14N2O2. The topological polar surface area (TPSA) is 44.1 Å². The van der Waals surface area contributed by atoms with Crippen LogP contribution in [0.3, 0.4) is 0 Å². The van der Waals surface area contributed by atoms with Gasteiger partial charge in [-0.1, -0.05) is 0 Å². The predicted octanol–water partition coefficient (Wildman–Crippen LogP) is 1.17. The second kappa shape index (κ2) is 2.83. The molecule has 1 saturated carbocycles. The van der Waals surface area contributed by atoms with Gasteiger partial charge in [0, 0.05) is 13.5 Å². The first-order valence-electron chi connectivity index (χ1n) is 4.69. The van der Waals surface area contributed by atoms with Crippen molar-refractivity contribution in [1.82, 2.24) is 9.78 Å². The summed E-state index contributed by atoms with van der Waals surface area (Å²) < 4.78 is 7.34. The van der Waals surface area contributed by atoms with Gasteiger partial charge in [0.15, 0.2) is 5.75 Å². The summed E-state index contributed by atoms with van der Waals surface area (Å²) in [4.78, 5) is 11.3. The van der Waals surface area contributed by atoms with E-state index in [1.807, 2.05) is 20.9 Å². The fourth-order valence-corrected chi connectivity index (χ4v) is 1.55. The second-order valence-corrected chi connectivity index (χ2v) is 4.31. The molecule has 0 spiro atoms. The third-order valence-corrected chi connectivity index (χ3v) is 2.85. The number of ether oxygens (including phenoxy) is 1. The number of hydrogen-bond acceptors (Lipinski definition) is 3. The Bertz CT molecular complexity index is 368. The molecular weight excluding hydrogens is 180 g/mol. The molecule has 1 aliphatic rings. The maximum atomic E-state index is 11.3. The summed E-state index contributed by atoms with van der Waals surface area (Å²) in [6.45, 7) is 3.83. The molecule has 0 radical (unpaired) electrons. The van der Waals surface area contributed by atoms with Crippen molar-refractivity contribution in [2.24, 2.45) is 12.5 Å². The smallest absolute Gasteiger partial charge is 0.157 e. The lowest BCUT2D eigenvalue weighted by Gasteiger charge is -2.41. The van der Waals surface area contributed by atoms with Crippen molar-refractivity contribution in [2.75, 3.05) is 0 Å². The number of carbonyl (C=O) groups excluding carboxylic acids is 1. The maximum absolute atomic E-state index is 11.3. The van der Waals surface area contributed by atoms with Crippen LogP contribution in [0.25, 0.3) is 0 Å². The molecule has 4 nitrogen and oxygen atoms in total. The highest BCUT2D eigenvalue weighted by Gasteiger charge is 2.49. The van der Waals surface area contributed by atoms with Crippen molar-refractivity contribution in [2.45, 2.75) is 26.4 Å². The lowest BCUT2D eigenvalue weighted by molar-refractivity contribution is -0.148. The fraction of sp³-hybridized carbons (Fsp3) is 0.600. The number of carbonyl (C=O) groups is 1. The largest absolute Gasteiger partial charge is 0.486 e. The van der Waals surface area contributed by atoms with E-state index in [1.165, 1.54) is 0 Å². The van der Waals surface area contributed by atoms with Crippen LogP contribution in [-0.2, 0) is 11.8 Å². The zero-order valence-corrected chi connectivity index (χ0v) is 8.65. The van der Waals surface area contributed by atoms with E-state index >= 15 is 0 Å². The van der Waals surface area contributed by atoms with E-state index in [4.69, 9.17) is 4.74 Å². The number of nitrogens with zero attached hydrogens (tertiary/aromatic N) is 2. The van der Waals surface area contributed by atoms with Crippen molar-refractivity contribution in [3.8, 4) is 5.75 Å². The summed E-state index contributed by atoms with van der Waals surface area (Å²) in [5.41, 5.74) is -0.337. The van der Waals surface area contributed by atoms with Crippen LogP contribution in [0, 0.1) is 5.41 Å². The summed E-state index contributed by atoms with van der Waals surface area (Å²) in [5.74, 6) is 1.00. The van der Waals surface area contributed by atoms with Crippen molar-refractivity contribution >= 4 is 5.78 Å². The van der Waals surface area contributed by atoms with Gasteiger partial charge >= 0.3 is 0 Å². The fourth-order valence-electron chi connectivity index (χ4n) is 1.55. The Morgan fingerprint density at radius 2 is 2.36 bits per heavy atom. The van der Waals surface area contributed by atoms with Gasteiger partial charge in [-0.15, -0.1) is 0 Å². The first kappa shape index (κ1) is 9.24. The van der Waals surface area contributed by atoms with Crippen molar-refractivity contribution < 1.29 is 9.53 Å². The third-order valence-electron chi connectivity index (χ3n) is 2.85. The predicted molar refractivity (Wildman–Crippen MR) is 51.0 cm³/mol. The van der Waals surface area contributed by atoms with Gasteiger partial charge in [-0.3, -0.25) is 9.48 Å². The third kappa shape index (κ3) is 1.31. The molecule has 4 heteroatoms. The van der Waals surface area contributed by atoms with E-state index in [0.717, 1.165) is 5.75 Å². The molecule has 0 aromatic carbocycles. The molecule has 1 unspecified atom stereocenters. The minimum atomic E-state index is -0.337. The molecule has 0 amide bonds. The van der Waals surface area contributed by atoms with Gasteiger partial charge in [0.1, 0.15) is 11.9 Å². The number of aromatic nitrogens is 2. The van der Waals surface area contributed by atoms with Crippen LogP contribution in [0.2, 0.25) is 0 Å². The molecule has 1 aromatic rings. The standard InChI is InChI=1S/C10H14N2O2/c1-10(2)8(13)4-9(10)14-7-5-11-12(3)6-7/h5-6,9H,4H2,1-3H3. The molecule has 0 aliphatic heterocycles. The Balaban J connectivity index is 2.04. The van der Waals surface area contributed by atoms with Crippen LogP contribution in [0.5, 0.6) is 5.75 Å². The average Bonchev–Trinajstić information content (AvgIpc) is 2.51. The van der Waals surface area contributed by atoms with E-state index in [2.05, 4.69) is 5.10 Å². The number of ketones is 1. The maximum Gasteiger partial charge on any atom is 0.157 e. The molecule has 1 fully saturated rings. The molecule has 1 atom stereocenters. The molecule has 76 valence electrons. The highest BCUT2D eigenvalue weighted by Crippen LogP contribution is 2.39. The Morgan fingerprint density at radius 1 is 1.64 bits per heavy atom. The highest BCUT2D eigenvalue weighted by molar-refractivity contribution is 5.91. The highest BCUT2D eigenvalue weighted by atomic mass is 16.5. The van der Waals surface area contributed by atoms with Crippen molar-refractivity contribution in [1.29, 1.82) is 0 Å². The molecule has 0 saturated heterocycles. The molecule has 1 aliphatic carbocycles. The van der Waals surface area contributed by atoms with Crippen molar-refractivity contribution in [3.63, 3.8) is 0 Å². The number of Topliss-reactive ketones (excluding diaryl/α,β-unsaturated/α-hetero) is 1. The number of rotatable bonds is 2. The molecule has 0 bridgehead atoms. The van der Waals surface area contributed by atoms with Gasteiger partial charge in [-0.05, 0) is 13.8 Å². The van der Waals surface area contributed by atoms with E-state index in [1.54, 1.807) is 17.1 Å². The number of aryl methyl sites for hydroxylation is 1. The van der Waals surface area contributed by atoms with Gasteiger partial charge in [0.25, 0.3) is 0 Å². The SMILES string of the molecule is Cn1cc(OC2CC(=O)C2(C)C)cn1. The Kier molecular flexibility index (Phi) is 1.87. The van der Waals surface area contributed by atoms with E-state index in [0.29, 0.717) is 6.42 Å². The van der Waals surface area contributed by atoms with Crippen LogP contribution in [-0.4, -0.2) is 21.7 Å². The van der Waals surface area contributed by atoms with Gasteiger partial charge in [0.2, 0.25) is 0 Å². The normalized spacial score (nSPS) is 24.5. The Labute approximate surface area is 82.9 Å².